The van der Waals surface area contributed by atoms with Gasteiger partial charge < -0.3 is 0 Å². The fraction of sp³-hybridized carbons (Fsp3) is 0.167. The van der Waals surface area contributed by atoms with Crippen LogP contribution in [0.2, 0.25) is 0 Å². The first-order chi connectivity index (χ1) is 19.3. The Bertz CT molecular complexity index is 1660. The minimum absolute atomic E-state index is 0.276. The topological polar surface area (TPSA) is 0 Å². The van der Waals surface area contributed by atoms with Gasteiger partial charge in [0.25, 0.3) is 0 Å². The summed E-state index contributed by atoms with van der Waals surface area (Å²) in [5.74, 6) is 0. The average Bonchev–Trinajstić information content (AvgIpc) is 2.90. The van der Waals surface area contributed by atoms with Crippen LogP contribution in [0.5, 0.6) is 0 Å². The van der Waals surface area contributed by atoms with Gasteiger partial charge in [-0.25, -0.2) is 0 Å². The molecular formula is C36H32B2Se2. The summed E-state index contributed by atoms with van der Waals surface area (Å²) in [5, 5.41) is 0. The quantitative estimate of drug-likeness (QED) is 0.241. The van der Waals surface area contributed by atoms with Crippen LogP contribution >= 0.6 is 0 Å². The van der Waals surface area contributed by atoms with E-state index in [0.717, 1.165) is 0 Å². The average molecular weight is 644 g/mol. The van der Waals surface area contributed by atoms with Gasteiger partial charge in [0, 0.05) is 0 Å². The van der Waals surface area contributed by atoms with Crippen LogP contribution in [0.4, 0.5) is 0 Å². The van der Waals surface area contributed by atoms with Gasteiger partial charge in [-0.2, -0.15) is 0 Å². The second-order valence-corrected chi connectivity index (χ2v) is 16.2. The molecule has 7 rings (SSSR count). The number of aryl methyl sites for hydroxylation is 6. The van der Waals surface area contributed by atoms with Crippen LogP contribution in [0.15, 0.2) is 84.9 Å². The van der Waals surface area contributed by atoms with E-state index >= 15 is 0 Å². The molecule has 0 unspecified atom stereocenters. The fourth-order valence-electron chi connectivity index (χ4n) is 7.33. The number of fused-ring (bicyclic) bond motifs is 4. The number of hydrogen-bond donors (Lipinski definition) is 0. The zero-order valence-corrected chi connectivity index (χ0v) is 27.5. The fourth-order valence-corrected chi connectivity index (χ4v) is 12.6. The third-order valence-electron chi connectivity index (χ3n) is 8.72. The van der Waals surface area contributed by atoms with Crippen molar-refractivity contribution in [3.63, 3.8) is 0 Å². The standard InChI is InChI=1S/C36H32B2Se2/c1-21-15-23(3)35(24(4)16-21)37-27-11-7-9-13-31(27)39-33-20-34-30(19-29(33)37)38(28-12-8-10-14-32(28)40-34)36-25(5)17-22(2)18-26(36)6/h7-20H,1-6H3. The van der Waals surface area contributed by atoms with Crippen LogP contribution in [-0.4, -0.2) is 43.3 Å². The van der Waals surface area contributed by atoms with E-state index in [4.69, 9.17) is 0 Å². The Morgan fingerprint density at radius 1 is 0.400 bits per heavy atom. The van der Waals surface area contributed by atoms with Gasteiger partial charge in [0.1, 0.15) is 0 Å². The van der Waals surface area contributed by atoms with E-state index in [1.54, 1.807) is 8.92 Å². The van der Waals surface area contributed by atoms with E-state index in [0.29, 0.717) is 29.9 Å². The van der Waals surface area contributed by atoms with Crippen LogP contribution in [0, 0.1) is 41.5 Å². The maximum absolute atomic E-state index is 2.66. The van der Waals surface area contributed by atoms with Crippen molar-refractivity contribution in [2.75, 3.05) is 0 Å². The molecule has 2 aliphatic heterocycles. The van der Waals surface area contributed by atoms with Crippen LogP contribution in [-0.2, 0) is 0 Å². The van der Waals surface area contributed by atoms with E-state index in [2.05, 4.69) is 126 Å². The molecule has 0 amide bonds. The van der Waals surface area contributed by atoms with E-state index in [1.165, 1.54) is 75.1 Å². The van der Waals surface area contributed by atoms with Crippen molar-refractivity contribution >= 4 is 94.0 Å². The Morgan fingerprint density at radius 2 is 0.775 bits per heavy atom. The Kier molecular flexibility index (Phi) is 6.53. The normalized spacial score (nSPS) is 13.4. The van der Waals surface area contributed by atoms with Gasteiger partial charge in [0.15, 0.2) is 0 Å². The van der Waals surface area contributed by atoms with E-state index in [1.807, 2.05) is 0 Å². The molecule has 0 aromatic heterocycles. The molecule has 194 valence electrons. The summed E-state index contributed by atoms with van der Waals surface area (Å²) in [6.07, 6.45) is 0. The number of benzene rings is 5. The molecule has 0 nitrogen and oxygen atoms in total. The molecule has 2 aliphatic rings. The Balaban J connectivity index is 1.52. The summed E-state index contributed by atoms with van der Waals surface area (Å²) in [7, 11) is 0. The third kappa shape index (κ3) is 4.20. The summed E-state index contributed by atoms with van der Waals surface area (Å²) in [5.41, 5.74) is 17.4. The van der Waals surface area contributed by atoms with Gasteiger partial charge in [-0.1, -0.05) is 0 Å². The summed E-state index contributed by atoms with van der Waals surface area (Å²) in [4.78, 5) is 0. The molecule has 4 heteroatoms. The van der Waals surface area contributed by atoms with Gasteiger partial charge in [-0.15, -0.1) is 0 Å². The summed E-state index contributed by atoms with van der Waals surface area (Å²) >= 11 is 0.615. The molecule has 0 radical (unpaired) electrons. The molecular weight excluding hydrogens is 612 g/mol. The Hall–Kier alpha value is -2.73. The molecule has 0 saturated heterocycles. The van der Waals surface area contributed by atoms with Gasteiger partial charge in [0.05, 0.1) is 0 Å². The minimum atomic E-state index is 0.276. The first-order valence-electron chi connectivity index (χ1n) is 14.2. The van der Waals surface area contributed by atoms with Crippen molar-refractivity contribution in [1.82, 2.24) is 0 Å². The molecule has 0 aliphatic carbocycles. The SMILES string of the molecule is Cc1cc(C)c(B2c3ccccc3[Se]c3cc4c(cc32)B(c2c(C)cc(C)cc2C)c2ccccc2[Se]4)c(C)c1. The second-order valence-electron chi connectivity index (χ2n) is 11.7. The molecule has 2 heterocycles. The van der Waals surface area contributed by atoms with Crippen molar-refractivity contribution in [2.45, 2.75) is 41.5 Å². The number of hydrogen-bond acceptors (Lipinski definition) is 0. The van der Waals surface area contributed by atoms with Crippen molar-refractivity contribution in [3.8, 4) is 0 Å². The van der Waals surface area contributed by atoms with Crippen LogP contribution < -0.4 is 50.6 Å². The molecule has 40 heavy (non-hydrogen) atoms. The molecule has 5 aromatic rings. The Labute approximate surface area is 252 Å². The Morgan fingerprint density at radius 3 is 1.18 bits per heavy atom. The predicted molar refractivity (Wildman–Crippen MR) is 180 cm³/mol. The van der Waals surface area contributed by atoms with Crippen molar-refractivity contribution < 1.29 is 0 Å². The van der Waals surface area contributed by atoms with Gasteiger partial charge in [0.2, 0.25) is 0 Å². The van der Waals surface area contributed by atoms with Gasteiger partial charge in [-0.05, 0) is 0 Å². The van der Waals surface area contributed by atoms with Gasteiger partial charge >= 0.3 is 254 Å². The zero-order chi connectivity index (χ0) is 27.7. The van der Waals surface area contributed by atoms with E-state index in [9.17, 15) is 0 Å². The molecule has 0 fully saturated rings. The van der Waals surface area contributed by atoms with Crippen LogP contribution in [0.25, 0.3) is 0 Å². The number of rotatable bonds is 2. The van der Waals surface area contributed by atoms with Crippen molar-refractivity contribution in [2.24, 2.45) is 0 Å². The van der Waals surface area contributed by atoms with Crippen LogP contribution in [0.3, 0.4) is 0 Å². The monoisotopic (exact) mass is 646 g/mol. The first kappa shape index (κ1) is 26.2. The summed E-state index contributed by atoms with van der Waals surface area (Å²) < 4.78 is 6.23. The zero-order valence-electron chi connectivity index (χ0n) is 24.1. The molecule has 0 bridgehead atoms. The second kappa shape index (κ2) is 9.97. The van der Waals surface area contributed by atoms with E-state index < -0.39 is 0 Å². The first-order valence-corrected chi connectivity index (χ1v) is 17.6. The maximum atomic E-state index is 2.66. The molecule has 5 aromatic carbocycles. The third-order valence-corrected chi connectivity index (χ3v) is 13.6. The summed E-state index contributed by atoms with van der Waals surface area (Å²) in [6.45, 7) is 14.3. The molecule has 0 atom stereocenters. The molecule has 0 N–H and O–H groups in total. The molecule has 0 spiro atoms. The van der Waals surface area contributed by atoms with Gasteiger partial charge in [-0.3, -0.25) is 0 Å². The van der Waals surface area contributed by atoms with E-state index in [-0.39, 0.29) is 13.4 Å². The van der Waals surface area contributed by atoms with Crippen molar-refractivity contribution in [1.29, 1.82) is 0 Å². The van der Waals surface area contributed by atoms with Crippen LogP contribution in [0.1, 0.15) is 33.4 Å². The predicted octanol–water partition coefficient (Wildman–Crippen LogP) is 0.506. The van der Waals surface area contributed by atoms with Crippen molar-refractivity contribution in [3.05, 3.63) is 118 Å². The molecule has 0 saturated carbocycles. The summed E-state index contributed by atoms with van der Waals surface area (Å²) in [6, 6.07) is 33.3.